The maximum Gasteiger partial charge on any atom is 0.225 e. The fourth-order valence-electron chi connectivity index (χ4n) is 4.03. The Hall–Kier alpha value is -3.08. The quantitative estimate of drug-likeness (QED) is 0.655. The van der Waals surface area contributed by atoms with Crippen molar-refractivity contribution in [3.8, 4) is 0 Å². The molecule has 4 rings (SSSR count). The third kappa shape index (κ3) is 3.65. The molecule has 1 aromatic heterocycles. The first-order valence-corrected chi connectivity index (χ1v) is 9.88. The van der Waals surface area contributed by atoms with Crippen molar-refractivity contribution in [1.29, 1.82) is 0 Å². The number of hydrogen-bond donors (Lipinski definition) is 2. The lowest BCUT2D eigenvalue weighted by Gasteiger charge is -2.27. The van der Waals surface area contributed by atoms with Gasteiger partial charge in [0.25, 0.3) is 0 Å². The average molecular weight is 374 g/mol. The van der Waals surface area contributed by atoms with Crippen molar-refractivity contribution in [3.05, 3.63) is 77.0 Å². The molecule has 1 amide bonds. The Kier molecular flexibility index (Phi) is 5.15. The van der Waals surface area contributed by atoms with Gasteiger partial charge >= 0.3 is 0 Å². The number of amides is 1. The zero-order valence-corrected chi connectivity index (χ0v) is 16.2. The average Bonchev–Trinajstić information content (AvgIpc) is 3.07. The third-order valence-corrected chi connectivity index (χ3v) is 5.55. The molecular weight excluding hydrogens is 348 g/mol. The lowest BCUT2D eigenvalue weighted by atomic mass is 9.88. The molecule has 0 radical (unpaired) electrons. The van der Waals surface area contributed by atoms with E-state index in [4.69, 9.17) is 5.73 Å². The molecule has 5 nitrogen and oxygen atoms in total. The third-order valence-electron chi connectivity index (χ3n) is 5.55. The van der Waals surface area contributed by atoms with Gasteiger partial charge < -0.3 is 11.1 Å². The van der Waals surface area contributed by atoms with Crippen LogP contribution in [0.4, 0.5) is 11.5 Å². The summed E-state index contributed by atoms with van der Waals surface area (Å²) in [5.74, 6) is 0.782. The molecule has 0 spiro atoms. The Morgan fingerprint density at radius 1 is 1.21 bits per heavy atom. The lowest BCUT2D eigenvalue weighted by Crippen LogP contribution is -2.23. The van der Waals surface area contributed by atoms with Gasteiger partial charge in [0.1, 0.15) is 5.82 Å². The number of carbonyl (C=O) groups excluding carboxylic acids is 1. The highest BCUT2D eigenvalue weighted by atomic mass is 16.1. The van der Waals surface area contributed by atoms with Crippen LogP contribution in [-0.2, 0) is 17.6 Å². The molecule has 0 aliphatic heterocycles. The number of para-hydroxylation sites is 1. The molecule has 28 heavy (non-hydrogen) atoms. The normalized spacial score (nSPS) is 15.8. The number of benzene rings is 2. The van der Waals surface area contributed by atoms with Crippen LogP contribution in [0, 0.1) is 6.92 Å². The highest BCUT2D eigenvalue weighted by Crippen LogP contribution is 2.35. The summed E-state index contributed by atoms with van der Waals surface area (Å²) in [5, 5.41) is 7.70. The topological polar surface area (TPSA) is 72.9 Å². The van der Waals surface area contributed by atoms with Crippen molar-refractivity contribution in [3.63, 3.8) is 0 Å². The summed E-state index contributed by atoms with van der Waals surface area (Å²) >= 11 is 0. The van der Waals surface area contributed by atoms with Gasteiger partial charge in [0.2, 0.25) is 5.91 Å². The zero-order valence-electron chi connectivity index (χ0n) is 16.2. The smallest absolute Gasteiger partial charge is 0.225 e. The number of rotatable bonds is 5. The highest BCUT2D eigenvalue weighted by molar-refractivity contribution is 5.90. The Bertz CT molecular complexity index is 992. The van der Waals surface area contributed by atoms with Crippen molar-refractivity contribution in [2.24, 2.45) is 0 Å². The summed E-state index contributed by atoms with van der Waals surface area (Å²) in [6.45, 7) is 1.99. The minimum atomic E-state index is -0.0165. The van der Waals surface area contributed by atoms with Crippen LogP contribution in [0.25, 0.3) is 0 Å². The number of fused-ring (bicyclic) bond motifs is 1. The molecule has 0 fully saturated rings. The summed E-state index contributed by atoms with van der Waals surface area (Å²) in [6, 6.07) is 16.4. The summed E-state index contributed by atoms with van der Waals surface area (Å²) in [6.07, 6.45) is 6.11. The van der Waals surface area contributed by atoms with Crippen LogP contribution in [0.15, 0.2) is 54.7 Å². The van der Waals surface area contributed by atoms with E-state index >= 15 is 0 Å². The molecule has 3 N–H and O–H groups in total. The number of anilines is 2. The first-order chi connectivity index (χ1) is 13.6. The standard InChI is InChI=1S/C23H26N4O/c1-16-15-25-27(21-12-6-9-17-7-2-4-10-19(17)21)23(16)26-22(28)14-13-18-8-3-5-11-20(18)24/h2-5,7-8,10-11,15,21H,6,9,12-14,24H2,1H3,(H,26,28). The van der Waals surface area contributed by atoms with E-state index < -0.39 is 0 Å². The van der Waals surface area contributed by atoms with Gasteiger partial charge in [-0.2, -0.15) is 5.10 Å². The summed E-state index contributed by atoms with van der Waals surface area (Å²) in [5.41, 5.74) is 11.4. The fraction of sp³-hybridized carbons (Fsp3) is 0.304. The Balaban J connectivity index is 1.52. The van der Waals surface area contributed by atoms with E-state index in [2.05, 4.69) is 34.7 Å². The number of aromatic nitrogens is 2. The molecule has 2 aromatic carbocycles. The summed E-state index contributed by atoms with van der Waals surface area (Å²) < 4.78 is 1.99. The van der Waals surface area contributed by atoms with Crippen molar-refractivity contribution < 1.29 is 4.79 Å². The zero-order chi connectivity index (χ0) is 19.5. The minimum Gasteiger partial charge on any atom is -0.399 e. The van der Waals surface area contributed by atoms with Gasteiger partial charge in [0.15, 0.2) is 0 Å². The Morgan fingerprint density at radius 2 is 2.00 bits per heavy atom. The molecule has 1 heterocycles. The maximum atomic E-state index is 12.6. The molecule has 144 valence electrons. The number of aryl methyl sites for hydroxylation is 3. The van der Waals surface area contributed by atoms with E-state index in [0.717, 1.165) is 41.9 Å². The highest BCUT2D eigenvalue weighted by Gasteiger charge is 2.25. The van der Waals surface area contributed by atoms with Crippen LogP contribution in [0.5, 0.6) is 0 Å². The number of nitrogens with zero attached hydrogens (tertiary/aromatic N) is 2. The van der Waals surface area contributed by atoms with E-state index in [1.807, 2.05) is 42.1 Å². The number of nitrogens with one attached hydrogen (secondary N) is 1. The van der Waals surface area contributed by atoms with E-state index in [0.29, 0.717) is 12.8 Å². The first-order valence-electron chi connectivity index (χ1n) is 9.88. The maximum absolute atomic E-state index is 12.6. The predicted octanol–water partition coefficient (Wildman–Crippen LogP) is 4.27. The van der Waals surface area contributed by atoms with Gasteiger partial charge in [-0.3, -0.25) is 4.79 Å². The molecule has 1 aliphatic rings. The monoisotopic (exact) mass is 374 g/mol. The summed E-state index contributed by atoms with van der Waals surface area (Å²) in [4.78, 5) is 12.6. The van der Waals surface area contributed by atoms with Gasteiger partial charge in [-0.05, 0) is 55.4 Å². The van der Waals surface area contributed by atoms with Gasteiger partial charge in [0.05, 0.1) is 12.2 Å². The van der Waals surface area contributed by atoms with Gasteiger partial charge in [-0.15, -0.1) is 0 Å². The molecule has 0 saturated heterocycles. The first kappa shape index (κ1) is 18.3. The van der Waals surface area contributed by atoms with Crippen LogP contribution < -0.4 is 11.1 Å². The molecule has 0 saturated carbocycles. The van der Waals surface area contributed by atoms with E-state index in [1.165, 1.54) is 11.1 Å². The molecule has 1 atom stereocenters. The van der Waals surface area contributed by atoms with Crippen molar-refractivity contribution in [1.82, 2.24) is 9.78 Å². The molecule has 1 aliphatic carbocycles. The molecule has 3 aromatic rings. The van der Waals surface area contributed by atoms with Crippen LogP contribution in [0.1, 0.15) is 47.6 Å². The second-order valence-corrected chi connectivity index (χ2v) is 7.47. The van der Waals surface area contributed by atoms with Crippen LogP contribution in [0.2, 0.25) is 0 Å². The second kappa shape index (κ2) is 7.89. The van der Waals surface area contributed by atoms with Gasteiger partial charge in [-0.1, -0.05) is 42.5 Å². The van der Waals surface area contributed by atoms with Crippen molar-refractivity contribution >= 4 is 17.4 Å². The second-order valence-electron chi connectivity index (χ2n) is 7.47. The number of hydrogen-bond acceptors (Lipinski definition) is 3. The van der Waals surface area contributed by atoms with Crippen molar-refractivity contribution in [2.45, 2.75) is 45.1 Å². The largest absolute Gasteiger partial charge is 0.399 e. The SMILES string of the molecule is Cc1cnn(C2CCCc3ccccc32)c1NC(=O)CCc1ccccc1N. The number of carbonyl (C=O) groups is 1. The summed E-state index contributed by atoms with van der Waals surface area (Å²) in [7, 11) is 0. The van der Waals surface area contributed by atoms with E-state index in [1.54, 1.807) is 0 Å². The minimum absolute atomic E-state index is 0.0165. The van der Waals surface area contributed by atoms with Gasteiger partial charge in [-0.25, -0.2) is 4.68 Å². The van der Waals surface area contributed by atoms with E-state index in [-0.39, 0.29) is 11.9 Å². The van der Waals surface area contributed by atoms with Crippen LogP contribution >= 0.6 is 0 Å². The van der Waals surface area contributed by atoms with Crippen LogP contribution in [0.3, 0.4) is 0 Å². The van der Waals surface area contributed by atoms with Crippen LogP contribution in [-0.4, -0.2) is 15.7 Å². The molecular formula is C23H26N4O. The molecule has 1 unspecified atom stereocenters. The lowest BCUT2D eigenvalue weighted by molar-refractivity contribution is -0.116. The Morgan fingerprint density at radius 3 is 2.86 bits per heavy atom. The van der Waals surface area contributed by atoms with Gasteiger partial charge in [0, 0.05) is 17.7 Å². The van der Waals surface area contributed by atoms with E-state index in [9.17, 15) is 4.79 Å². The number of nitrogens with two attached hydrogens (primary N) is 1. The fourth-order valence-corrected chi connectivity index (χ4v) is 4.03. The van der Waals surface area contributed by atoms with Crippen molar-refractivity contribution in [2.75, 3.05) is 11.1 Å². The molecule has 0 bridgehead atoms. The molecule has 5 heteroatoms. The Labute approximate surface area is 165 Å². The predicted molar refractivity (Wildman–Crippen MR) is 112 cm³/mol. The number of nitrogen functional groups attached to an aromatic ring is 1.